The molecule has 0 spiro atoms. The molecule has 0 aromatic rings. The van der Waals surface area contributed by atoms with Crippen molar-refractivity contribution in [3.63, 3.8) is 0 Å². The molecule has 0 saturated carbocycles. The van der Waals surface area contributed by atoms with Crippen molar-refractivity contribution in [3.05, 3.63) is 11.3 Å². The molecule has 6 nitrogen and oxygen atoms in total. The van der Waals surface area contributed by atoms with Gasteiger partial charge < -0.3 is 15.6 Å². The monoisotopic (exact) mass is 182 g/mol. The molecule has 6 heteroatoms. The molecule has 68 valence electrons. The van der Waals surface area contributed by atoms with E-state index in [-0.39, 0.29) is 12.1 Å². The van der Waals surface area contributed by atoms with Crippen molar-refractivity contribution in [2.75, 3.05) is 0 Å². The maximum Gasteiger partial charge on any atom is 0.355 e. The van der Waals surface area contributed by atoms with Gasteiger partial charge >= 0.3 is 11.9 Å². The first-order valence-corrected chi connectivity index (χ1v) is 3.35. The number of rotatable bonds is 2. The highest BCUT2D eigenvalue weighted by molar-refractivity contribution is 6.26. The number of carbonyl (C=O) groups is 2. The quantitative estimate of drug-likeness (QED) is 0.553. The van der Waals surface area contributed by atoms with Crippen LogP contribution in [0.4, 0.5) is 0 Å². The predicted octanol–water partition coefficient (Wildman–Crippen LogP) is -0.0960. The molecule has 1 heterocycles. The van der Waals surface area contributed by atoms with Gasteiger partial charge in [0.25, 0.3) is 0 Å². The number of carboxylic acid groups (broad SMARTS) is 2. The van der Waals surface area contributed by atoms with Gasteiger partial charge in [-0.3, -0.25) is 4.99 Å². The molecule has 0 fully saturated rings. The molecule has 1 rings (SSSR count). The summed E-state index contributed by atoms with van der Waals surface area (Å²) in [7, 11) is 0. The lowest BCUT2D eigenvalue weighted by molar-refractivity contribution is -0.135. The number of aliphatic carboxylic acids is 2. The SMILES string of the molecule is N=C1CC=NC(C(=O)O)=C1C(=O)O. The second kappa shape index (κ2) is 3.18. The largest absolute Gasteiger partial charge is 0.478 e. The zero-order valence-electron chi connectivity index (χ0n) is 6.44. The van der Waals surface area contributed by atoms with Gasteiger partial charge in [0.05, 0.1) is 5.71 Å². The van der Waals surface area contributed by atoms with Crippen molar-refractivity contribution >= 4 is 23.9 Å². The van der Waals surface area contributed by atoms with Crippen LogP contribution in [0.5, 0.6) is 0 Å². The Morgan fingerprint density at radius 3 is 2.38 bits per heavy atom. The van der Waals surface area contributed by atoms with E-state index in [2.05, 4.69) is 4.99 Å². The number of nitrogens with one attached hydrogen (secondary N) is 1. The third kappa shape index (κ3) is 1.61. The Balaban J connectivity index is 3.28. The highest BCUT2D eigenvalue weighted by atomic mass is 16.4. The van der Waals surface area contributed by atoms with E-state index in [1.165, 1.54) is 6.21 Å². The number of hydrogen-bond acceptors (Lipinski definition) is 4. The summed E-state index contributed by atoms with van der Waals surface area (Å²) in [4.78, 5) is 24.4. The van der Waals surface area contributed by atoms with Crippen LogP contribution in [-0.2, 0) is 9.59 Å². The molecule has 0 aromatic carbocycles. The molecule has 0 radical (unpaired) electrons. The summed E-state index contributed by atoms with van der Waals surface area (Å²) >= 11 is 0. The first-order chi connectivity index (χ1) is 6.04. The summed E-state index contributed by atoms with van der Waals surface area (Å²) < 4.78 is 0. The van der Waals surface area contributed by atoms with E-state index in [0.29, 0.717) is 0 Å². The Morgan fingerprint density at radius 2 is 2.00 bits per heavy atom. The van der Waals surface area contributed by atoms with Crippen molar-refractivity contribution in [1.82, 2.24) is 0 Å². The van der Waals surface area contributed by atoms with Crippen LogP contribution in [0.25, 0.3) is 0 Å². The molecule has 0 bridgehead atoms. The summed E-state index contributed by atoms with van der Waals surface area (Å²) in [5.41, 5.74) is -1.35. The number of nitrogens with zero attached hydrogens (tertiary/aromatic N) is 1. The third-order valence-electron chi connectivity index (χ3n) is 1.47. The van der Waals surface area contributed by atoms with E-state index in [4.69, 9.17) is 15.6 Å². The summed E-state index contributed by atoms with van der Waals surface area (Å²) in [5.74, 6) is -2.86. The van der Waals surface area contributed by atoms with E-state index in [1.54, 1.807) is 0 Å². The molecular formula is C7H6N2O4. The van der Waals surface area contributed by atoms with E-state index >= 15 is 0 Å². The van der Waals surface area contributed by atoms with Gasteiger partial charge in [0, 0.05) is 12.6 Å². The van der Waals surface area contributed by atoms with Crippen LogP contribution in [0.2, 0.25) is 0 Å². The molecule has 1 aliphatic rings. The molecule has 0 aromatic heterocycles. The fourth-order valence-electron chi connectivity index (χ4n) is 0.930. The first-order valence-electron chi connectivity index (χ1n) is 3.35. The van der Waals surface area contributed by atoms with E-state index < -0.39 is 23.2 Å². The Kier molecular flexibility index (Phi) is 2.23. The maximum atomic E-state index is 10.5. The van der Waals surface area contributed by atoms with Crippen LogP contribution in [0, 0.1) is 5.41 Å². The Morgan fingerprint density at radius 1 is 1.38 bits per heavy atom. The highest BCUT2D eigenvalue weighted by Gasteiger charge is 2.25. The number of hydrogen-bond donors (Lipinski definition) is 3. The molecular weight excluding hydrogens is 176 g/mol. The molecule has 0 atom stereocenters. The standard InChI is InChI=1S/C7H6N2O4/c8-3-1-2-9-5(7(12)13)4(3)6(10)11/h2,8H,1H2,(H,10,11)(H,12,13). The van der Waals surface area contributed by atoms with E-state index in [9.17, 15) is 9.59 Å². The van der Waals surface area contributed by atoms with Gasteiger partial charge in [-0.25, -0.2) is 9.59 Å². The first kappa shape index (κ1) is 9.11. The fraction of sp³-hybridized carbons (Fsp3) is 0.143. The van der Waals surface area contributed by atoms with Crippen LogP contribution < -0.4 is 0 Å². The summed E-state index contributed by atoms with van der Waals surface area (Å²) in [5, 5.41) is 24.3. The van der Waals surface area contributed by atoms with Crippen molar-refractivity contribution in [3.8, 4) is 0 Å². The zero-order chi connectivity index (χ0) is 10.0. The van der Waals surface area contributed by atoms with Crippen LogP contribution in [-0.4, -0.2) is 34.1 Å². The summed E-state index contributed by atoms with van der Waals surface area (Å²) in [6.45, 7) is 0. The van der Waals surface area contributed by atoms with Crippen molar-refractivity contribution in [2.24, 2.45) is 4.99 Å². The third-order valence-corrected chi connectivity index (χ3v) is 1.47. The van der Waals surface area contributed by atoms with Crippen molar-refractivity contribution < 1.29 is 19.8 Å². The summed E-state index contributed by atoms with van der Waals surface area (Å²) in [6.07, 6.45) is 1.26. The highest BCUT2D eigenvalue weighted by Crippen LogP contribution is 2.14. The minimum Gasteiger partial charge on any atom is -0.478 e. The van der Waals surface area contributed by atoms with Gasteiger partial charge in [-0.2, -0.15) is 0 Å². The molecule has 0 aliphatic carbocycles. The second-order valence-corrected chi connectivity index (χ2v) is 2.33. The van der Waals surface area contributed by atoms with Crippen LogP contribution in [0.15, 0.2) is 16.3 Å². The molecule has 0 saturated heterocycles. The van der Waals surface area contributed by atoms with E-state index in [0.717, 1.165) is 0 Å². The predicted molar refractivity (Wildman–Crippen MR) is 43.1 cm³/mol. The van der Waals surface area contributed by atoms with Gasteiger partial charge in [0.1, 0.15) is 5.57 Å². The topological polar surface area (TPSA) is 111 Å². The number of aliphatic imine (C=N–C) groups is 1. The smallest absolute Gasteiger partial charge is 0.355 e. The number of carboxylic acids is 2. The molecule has 0 unspecified atom stereocenters. The zero-order valence-corrected chi connectivity index (χ0v) is 6.44. The van der Waals surface area contributed by atoms with Gasteiger partial charge in [-0.1, -0.05) is 0 Å². The van der Waals surface area contributed by atoms with Crippen LogP contribution >= 0.6 is 0 Å². The average Bonchev–Trinajstić information content (AvgIpc) is 2.02. The molecule has 0 amide bonds. The summed E-state index contributed by atoms with van der Waals surface area (Å²) in [6, 6.07) is 0. The lowest BCUT2D eigenvalue weighted by atomic mass is 10.0. The van der Waals surface area contributed by atoms with E-state index in [1.807, 2.05) is 0 Å². The van der Waals surface area contributed by atoms with Crippen molar-refractivity contribution in [1.29, 1.82) is 5.41 Å². The van der Waals surface area contributed by atoms with Gasteiger partial charge in [-0.05, 0) is 0 Å². The molecule has 13 heavy (non-hydrogen) atoms. The van der Waals surface area contributed by atoms with Crippen molar-refractivity contribution in [2.45, 2.75) is 6.42 Å². The normalized spacial score (nSPS) is 16.2. The maximum absolute atomic E-state index is 10.5. The average molecular weight is 182 g/mol. The second-order valence-electron chi connectivity index (χ2n) is 2.33. The van der Waals surface area contributed by atoms with Crippen LogP contribution in [0.1, 0.15) is 6.42 Å². The van der Waals surface area contributed by atoms with Gasteiger partial charge in [0.15, 0.2) is 5.70 Å². The Labute approximate surface area is 72.7 Å². The minimum absolute atomic E-state index is 0.0540. The lowest BCUT2D eigenvalue weighted by Crippen LogP contribution is -2.20. The Hall–Kier alpha value is -1.98. The minimum atomic E-state index is -1.43. The molecule has 3 N–H and O–H groups in total. The Bertz CT molecular complexity index is 354. The van der Waals surface area contributed by atoms with Crippen LogP contribution in [0.3, 0.4) is 0 Å². The lowest BCUT2D eigenvalue weighted by Gasteiger charge is -2.08. The molecule has 1 aliphatic heterocycles. The van der Waals surface area contributed by atoms with Gasteiger partial charge in [0.2, 0.25) is 0 Å². The van der Waals surface area contributed by atoms with Gasteiger partial charge in [-0.15, -0.1) is 0 Å². The fourth-order valence-corrected chi connectivity index (χ4v) is 0.930.